The number of hydrogen-bond donors (Lipinski definition) is 1. The van der Waals surface area contributed by atoms with E-state index in [2.05, 4.69) is 43.3 Å². The summed E-state index contributed by atoms with van der Waals surface area (Å²) < 4.78 is 10.4. The summed E-state index contributed by atoms with van der Waals surface area (Å²) in [6, 6.07) is 12.0. The predicted octanol–water partition coefficient (Wildman–Crippen LogP) is 8.96. The summed E-state index contributed by atoms with van der Waals surface area (Å²) in [6.07, 6.45) is 15.2. The third kappa shape index (κ3) is 6.82. The van der Waals surface area contributed by atoms with E-state index in [1.54, 1.807) is 11.3 Å². The number of hydrogen-bond acceptors (Lipinski definition) is 10. The minimum atomic E-state index is -1.06. The number of benzene rings is 1. The van der Waals surface area contributed by atoms with Crippen LogP contribution < -0.4 is 4.90 Å². The van der Waals surface area contributed by atoms with E-state index in [0.717, 1.165) is 96.2 Å². The van der Waals surface area contributed by atoms with Gasteiger partial charge in [-0.2, -0.15) is 10.2 Å². The lowest BCUT2D eigenvalue weighted by molar-refractivity contribution is -0.249. The van der Waals surface area contributed by atoms with Crippen LogP contribution in [0, 0.1) is 30.1 Å². The zero-order valence-electron chi connectivity index (χ0n) is 34.5. The van der Waals surface area contributed by atoms with Crippen molar-refractivity contribution in [2.75, 3.05) is 37.7 Å². The monoisotopic (exact) mass is 800 g/mol. The Balaban J connectivity index is 0.898. The summed E-state index contributed by atoms with van der Waals surface area (Å²) in [5, 5.41) is 26.1. The number of para-hydroxylation sites is 1. The number of rotatable bonds is 11. The van der Waals surface area contributed by atoms with Gasteiger partial charge in [-0.1, -0.05) is 32.4 Å². The lowest BCUT2D eigenvalue weighted by Crippen LogP contribution is -2.64. The third-order valence-electron chi connectivity index (χ3n) is 14.3. The Morgan fingerprint density at radius 3 is 2.45 bits per heavy atom. The van der Waals surface area contributed by atoms with Gasteiger partial charge >= 0.3 is 5.97 Å². The van der Waals surface area contributed by atoms with Crippen molar-refractivity contribution in [2.45, 2.75) is 117 Å². The van der Waals surface area contributed by atoms with E-state index in [9.17, 15) is 9.90 Å². The molecule has 1 saturated heterocycles. The van der Waals surface area contributed by atoms with E-state index >= 15 is 0 Å². The highest BCUT2D eigenvalue weighted by atomic mass is 32.1. The smallest absolute Gasteiger partial charge is 0.355 e. The third-order valence-corrected chi connectivity index (χ3v) is 15.3. The average Bonchev–Trinajstić information content (AvgIpc) is 3.76. The molecule has 4 bridgehead atoms. The molecule has 6 heterocycles. The first-order chi connectivity index (χ1) is 27.9. The van der Waals surface area contributed by atoms with Gasteiger partial charge in [0.25, 0.3) is 0 Å². The average molecular weight is 801 g/mol. The molecule has 58 heavy (non-hydrogen) atoms. The number of carboxylic acids is 1. The molecular formula is C46H56N8O3S. The van der Waals surface area contributed by atoms with E-state index in [1.807, 2.05) is 41.4 Å². The van der Waals surface area contributed by atoms with E-state index in [-0.39, 0.29) is 27.5 Å². The van der Waals surface area contributed by atoms with Crippen LogP contribution in [0.15, 0.2) is 42.6 Å². The molecule has 4 aromatic heterocycles. The van der Waals surface area contributed by atoms with Crippen LogP contribution in [0.1, 0.15) is 116 Å². The number of likely N-dealkylation sites (tertiary alicyclic amines) is 1. The Morgan fingerprint density at radius 2 is 1.67 bits per heavy atom. The summed E-state index contributed by atoms with van der Waals surface area (Å²) in [7, 11) is 0. The molecule has 12 heteroatoms. The number of fused-ring (bicyclic) bond motifs is 2. The number of anilines is 2. The summed E-state index contributed by atoms with van der Waals surface area (Å²) in [6.45, 7) is 15.0. The fourth-order valence-electron chi connectivity index (χ4n) is 13.0. The van der Waals surface area contributed by atoms with Gasteiger partial charge in [0, 0.05) is 48.4 Å². The van der Waals surface area contributed by atoms with Gasteiger partial charge in [0.2, 0.25) is 0 Å². The van der Waals surface area contributed by atoms with Crippen molar-refractivity contribution in [2.24, 2.45) is 16.2 Å². The molecule has 11 nitrogen and oxygen atoms in total. The van der Waals surface area contributed by atoms with Crippen molar-refractivity contribution in [1.82, 2.24) is 34.8 Å². The highest BCUT2D eigenvalue weighted by Gasteiger charge is 2.66. The Hall–Kier alpha value is -4.26. The number of nitrogens with zero attached hydrogens (tertiary/aromatic N) is 8. The molecule has 5 fully saturated rings. The molecular weight excluding hydrogens is 745 g/mol. The molecule has 0 radical (unpaired) electrons. The molecule has 5 aromatic rings. The summed E-state index contributed by atoms with van der Waals surface area (Å²) in [4.78, 5) is 27.2. The Labute approximate surface area is 345 Å². The molecule has 2 unspecified atom stereocenters. The van der Waals surface area contributed by atoms with Crippen molar-refractivity contribution in [3.05, 3.63) is 75.8 Å². The van der Waals surface area contributed by atoms with E-state index in [0.29, 0.717) is 24.3 Å². The number of carbonyl (C=O) groups is 1. The fourth-order valence-corrected chi connectivity index (χ4v) is 14.0. The van der Waals surface area contributed by atoms with Crippen LogP contribution in [0.3, 0.4) is 0 Å². The van der Waals surface area contributed by atoms with Gasteiger partial charge < -0.3 is 19.6 Å². The number of piperidine rings is 1. The van der Waals surface area contributed by atoms with Crippen LogP contribution >= 0.6 is 11.3 Å². The topological polar surface area (TPSA) is 122 Å². The minimum Gasteiger partial charge on any atom is -0.476 e. The number of ether oxygens (including phenoxy) is 1. The van der Waals surface area contributed by atoms with Gasteiger partial charge in [0.05, 0.1) is 39.3 Å². The van der Waals surface area contributed by atoms with Crippen molar-refractivity contribution in [3.63, 3.8) is 0 Å². The molecule has 6 aliphatic rings. The van der Waals surface area contributed by atoms with Crippen molar-refractivity contribution < 1.29 is 14.6 Å². The quantitative estimate of drug-likeness (QED) is 0.139. The van der Waals surface area contributed by atoms with Gasteiger partial charge in [0.1, 0.15) is 5.82 Å². The maximum absolute atomic E-state index is 13.0. The fraction of sp³-hybridized carbons (Fsp3) is 0.565. The molecule has 0 spiro atoms. The molecule has 1 aromatic carbocycles. The Kier molecular flexibility index (Phi) is 9.29. The first-order valence-corrected chi connectivity index (χ1v) is 22.3. The number of aromatic nitrogens is 6. The highest BCUT2D eigenvalue weighted by Crippen LogP contribution is 2.72. The molecule has 0 amide bonds. The first kappa shape index (κ1) is 38.0. The Bertz CT molecular complexity index is 2350. The lowest BCUT2D eigenvalue weighted by Gasteiger charge is -2.69. The van der Waals surface area contributed by atoms with Gasteiger partial charge in [-0.25, -0.2) is 14.8 Å². The van der Waals surface area contributed by atoms with E-state index < -0.39 is 5.97 Å². The van der Waals surface area contributed by atoms with Crippen LogP contribution in [-0.2, 0) is 24.1 Å². The number of aromatic carboxylic acids is 1. The van der Waals surface area contributed by atoms with Crippen molar-refractivity contribution in [1.29, 1.82) is 0 Å². The van der Waals surface area contributed by atoms with Gasteiger partial charge in [-0.05, 0) is 137 Å². The van der Waals surface area contributed by atoms with E-state index in [4.69, 9.17) is 30.0 Å². The number of thiazole rings is 1. The lowest BCUT2D eigenvalue weighted by atomic mass is 9.39. The van der Waals surface area contributed by atoms with Crippen LogP contribution in [0.5, 0.6) is 0 Å². The molecule has 2 atom stereocenters. The van der Waals surface area contributed by atoms with Gasteiger partial charge in [0.15, 0.2) is 11.5 Å². The first-order valence-electron chi connectivity index (χ1n) is 21.5. The second kappa shape index (κ2) is 14.2. The van der Waals surface area contributed by atoms with Crippen LogP contribution in [-0.4, -0.2) is 84.3 Å². The van der Waals surface area contributed by atoms with Crippen molar-refractivity contribution >= 4 is 39.2 Å². The van der Waals surface area contributed by atoms with Crippen LogP contribution in [0.2, 0.25) is 0 Å². The van der Waals surface area contributed by atoms with Crippen LogP contribution in [0.25, 0.3) is 21.3 Å². The SMILES string of the molecule is Cc1c(Cc2nc3ccccc3s2)nnc2c1CCCN2c1ccc(-c2cnn(CC34CC5(C)CC(C)(C3)CC(OCCN3CCCCC3)(C5)C4)c2C)c(C(=O)O)n1. The summed E-state index contributed by atoms with van der Waals surface area (Å²) >= 11 is 1.69. The maximum Gasteiger partial charge on any atom is 0.355 e. The normalized spacial score (nSPS) is 28.0. The molecule has 304 valence electrons. The number of carboxylic acid groups (broad SMARTS) is 1. The second-order valence-corrected chi connectivity index (χ2v) is 20.5. The Morgan fingerprint density at radius 1 is 0.879 bits per heavy atom. The largest absolute Gasteiger partial charge is 0.476 e. The molecule has 4 aliphatic carbocycles. The molecule has 1 N–H and O–H groups in total. The zero-order chi connectivity index (χ0) is 39.9. The standard InChI is InChI=1S/C46H56N8O3S/c1-30-32-11-10-18-53(41(32)51-50-36(30)21-39-48-35-12-6-7-13-37(35)58-39)38-15-14-33(40(49-38)42(55)56)34-22-47-54(31(34)2)29-45-24-43(3)23-44(4,25-45)27-46(26-43,28-45)57-20-19-52-16-8-5-9-17-52/h6-7,12-15,22H,5,8-11,16-21,23-29H2,1-4H3,(H,55,56). The zero-order valence-corrected chi connectivity index (χ0v) is 35.3. The maximum atomic E-state index is 13.0. The highest BCUT2D eigenvalue weighted by molar-refractivity contribution is 7.18. The molecule has 4 saturated carbocycles. The predicted molar refractivity (Wildman–Crippen MR) is 227 cm³/mol. The molecule has 2 aliphatic heterocycles. The minimum absolute atomic E-state index is 0.0281. The van der Waals surface area contributed by atoms with Gasteiger partial charge in [-0.3, -0.25) is 4.68 Å². The summed E-state index contributed by atoms with van der Waals surface area (Å²) in [5.41, 5.74) is 7.11. The van der Waals surface area contributed by atoms with Gasteiger partial charge in [-0.15, -0.1) is 16.4 Å². The summed E-state index contributed by atoms with van der Waals surface area (Å²) in [5.74, 6) is 0.268. The van der Waals surface area contributed by atoms with E-state index in [1.165, 1.54) is 56.3 Å². The number of pyridine rings is 1. The van der Waals surface area contributed by atoms with Crippen LogP contribution in [0.4, 0.5) is 11.6 Å². The second-order valence-electron chi connectivity index (χ2n) is 19.4. The van der Waals surface area contributed by atoms with Crippen molar-refractivity contribution in [3.8, 4) is 11.1 Å². The molecule has 11 rings (SSSR count).